The molecule has 0 fully saturated rings. The van der Waals surface area contributed by atoms with Gasteiger partial charge in [0, 0.05) is 5.56 Å². The van der Waals surface area contributed by atoms with Crippen molar-refractivity contribution < 1.29 is 40.6 Å². The lowest BCUT2D eigenvalue weighted by molar-refractivity contribution is -0.209. The summed E-state index contributed by atoms with van der Waals surface area (Å²) in [6.07, 6.45) is -13.4. The number of benzene rings is 2. The van der Waals surface area contributed by atoms with Crippen molar-refractivity contribution in [3.8, 4) is 5.75 Å². The van der Waals surface area contributed by atoms with Crippen molar-refractivity contribution in [2.45, 2.75) is 50.1 Å². The van der Waals surface area contributed by atoms with E-state index in [4.69, 9.17) is 16.3 Å². The summed E-state index contributed by atoms with van der Waals surface area (Å²) in [7, 11) is 1.26. The highest BCUT2D eigenvalue weighted by Crippen LogP contribution is 2.42. The highest BCUT2D eigenvalue weighted by atomic mass is 35.5. The maximum Gasteiger partial charge on any atom is 0.417 e. The molecule has 10 heteroatoms. The summed E-state index contributed by atoms with van der Waals surface area (Å²) < 4.78 is 97.5. The predicted octanol–water partition coefficient (Wildman–Crippen LogP) is 6.71. The van der Waals surface area contributed by atoms with E-state index in [9.17, 15) is 35.8 Å². The van der Waals surface area contributed by atoms with Gasteiger partial charge in [-0.2, -0.15) is 26.3 Å². The lowest BCUT2D eigenvalue weighted by Gasteiger charge is -2.34. The van der Waals surface area contributed by atoms with Crippen molar-refractivity contribution in [3.63, 3.8) is 0 Å². The Hall–Kier alpha value is -2.00. The summed E-state index contributed by atoms with van der Waals surface area (Å²) in [6, 6.07) is 6.53. The van der Waals surface area contributed by atoms with Gasteiger partial charge in [-0.15, -0.1) is 0 Å². The van der Waals surface area contributed by atoms with Gasteiger partial charge in [0.1, 0.15) is 11.6 Å². The number of ether oxygens (including phenoxy) is 1. The van der Waals surface area contributed by atoms with Gasteiger partial charge in [-0.3, -0.25) is 0 Å². The van der Waals surface area contributed by atoms with E-state index in [0.717, 1.165) is 24.3 Å². The lowest BCUT2D eigenvalue weighted by atomic mass is 9.73. The summed E-state index contributed by atoms with van der Waals surface area (Å²) >= 11 is 5.61. The van der Waals surface area contributed by atoms with E-state index in [1.165, 1.54) is 26.2 Å². The molecule has 0 radical (unpaired) electrons. The number of halogens is 8. The number of alkyl halides is 6. The van der Waals surface area contributed by atoms with Crippen LogP contribution in [0.3, 0.4) is 0 Å². The molecule has 2 unspecified atom stereocenters. The normalized spacial score (nSPS) is 15.5. The zero-order valence-electron chi connectivity index (χ0n) is 16.5. The Labute approximate surface area is 179 Å². The molecule has 0 saturated carbocycles. The summed E-state index contributed by atoms with van der Waals surface area (Å²) in [5, 5.41) is 9.17. The van der Waals surface area contributed by atoms with Crippen LogP contribution in [0.5, 0.6) is 5.75 Å². The fourth-order valence-electron chi connectivity index (χ4n) is 3.41. The van der Waals surface area contributed by atoms with Crippen molar-refractivity contribution in [2.75, 3.05) is 7.11 Å². The minimum absolute atomic E-state index is 0.0725. The Balaban J connectivity index is 2.44. The number of aliphatic hydroxyl groups is 1. The molecular formula is C21H20ClF7O2. The standard InChI is InChI=1S/C21H20ClF7O2/c1-19(11-18(30)21(27,28)29,15-10-13(23)4-6-17(15)31-2)8-7-12-3-5-16(22)14(9-12)20(24,25)26/h3-6,9-10,18,30H,7-8,11H2,1-2H3. The third-order valence-electron chi connectivity index (χ3n) is 5.14. The van der Waals surface area contributed by atoms with Crippen LogP contribution in [0.1, 0.15) is 36.5 Å². The molecule has 0 amide bonds. The Bertz CT molecular complexity index is 912. The maximum atomic E-state index is 13.9. The van der Waals surface area contributed by atoms with E-state index in [1.54, 1.807) is 0 Å². The zero-order chi connectivity index (χ0) is 23.6. The van der Waals surface area contributed by atoms with Gasteiger partial charge in [0.05, 0.1) is 17.7 Å². The van der Waals surface area contributed by atoms with Crippen molar-refractivity contribution in [2.24, 2.45) is 0 Å². The van der Waals surface area contributed by atoms with Gasteiger partial charge in [-0.25, -0.2) is 4.39 Å². The monoisotopic (exact) mass is 472 g/mol. The van der Waals surface area contributed by atoms with Crippen molar-refractivity contribution >= 4 is 11.6 Å². The number of rotatable bonds is 7. The number of methoxy groups -OCH3 is 1. The molecule has 0 aromatic heterocycles. The van der Waals surface area contributed by atoms with E-state index in [2.05, 4.69) is 0 Å². The second-order valence-corrected chi connectivity index (χ2v) is 7.89. The topological polar surface area (TPSA) is 29.5 Å². The van der Waals surface area contributed by atoms with Crippen LogP contribution >= 0.6 is 11.6 Å². The van der Waals surface area contributed by atoms with Crippen molar-refractivity contribution in [1.29, 1.82) is 0 Å². The number of hydrogen-bond acceptors (Lipinski definition) is 2. The van der Waals surface area contributed by atoms with E-state index in [-0.39, 0.29) is 29.7 Å². The molecule has 2 nitrogen and oxygen atoms in total. The van der Waals surface area contributed by atoms with Gasteiger partial charge in [-0.05, 0) is 60.6 Å². The van der Waals surface area contributed by atoms with E-state index < -0.39 is 46.7 Å². The predicted molar refractivity (Wildman–Crippen MR) is 102 cm³/mol. The summed E-state index contributed by atoms with van der Waals surface area (Å²) in [5.41, 5.74) is -2.28. The quantitative estimate of drug-likeness (QED) is 0.454. The first-order chi connectivity index (χ1) is 14.2. The molecule has 2 aromatic carbocycles. The molecule has 0 spiro atoms. The largest absolute Gasteiger partial charge is 0.496 e. The van der Waals surface area contributed by atoms with Crippen LogP contribution in [0.15, 0.2) is 36.4 Å². The van der Waals surface area contributed by atoms with Crippen LogP contribution in [-0.4, -0.2) is 24.5 Å². The third kappa shape index (κ3) is 6.26. The second-order valence-electron chi connectivity index (χ2n) is 7.48. The average Bonchev–Trinajstić information content (AvgIpc) is 2.65. The molecule has 0 aliphatic heterocycles. The molecule has 0 bridgehead atoms. The first-order valence-corrected chi connectivity index (χ1v) is 9.49. The van der Waals surface area contributed by atoms with Crippen LogP contribution < -0.4 is 4.74 Å². The van der Waals surface area contributed by atoms with Gasteiger partial charge in [0.15, 0.2) is 6.10 Å². The first kappa shape index (κ1) is 25.3. The number of hydrogen-bond donors (Lipinski definition) is 1. The minimum atomic E-state index is -4.93. The van der Waals surface area contributed by atoms with E-state index in [1.807, 2.05) is 0 Å². The highest BCUT2D eigenvalue weighted by molar-refractivity contribution is 6.31. The van der Waals surface area contributed by atoms with Crippen LogP contribution in [-0.2, 0) is 18.0 Å². The smallest absolute Gasteiger partial charge is 0.417 e. The van der Waals surface area contributed by atoms with Gasteiger partial charge in [-0.1, -0.05) is 24.6 Å². The first-order valence-electron chi connectivity index (χ1n) is 9.12. The molecule has 0 aliphatic carbocycles. The molecule has 1 N–H and O–H groups in total. The number of aliphatic hydroxyl groups excluding tert-OH is 1. The van der Waals surface area contributed by atoms with Crippen LogP contribution in [0.25, 0.3) is 0 Å². The SMILES string of the molecule is COc1ccc(F)cc1C(C)(CCc1ccc(Cl)c(C(F)(F)F)c1)CC(O)C(F)(F)F. The molecular weight excluding hydrogens is 453 g/mol. The summed E-state index contributed by atoms with van der Waals surface area (Å²) in [5.74, 6) is -0.625. The molecule has 0 heterocycles. The van der Waals surface area contributed by atoms with E-state index >= 15 is 0 Å². The van der Waals surface area contributed by atoms with Crippen LogP contribution in [0, 0.1) is 5.82 Å². The van der Waals surface area contributed by atoms with Crippen molar-refractivity contribution in [1.82, 2.24) is 0 Å². The van der Waals surface area contributed by atoms with Crippen LogP contribution in [0.4, 0.5) is 30.7 Å². The second kappa shape index (κ2) is 9.24. The zero-order valence-corrected chi connectivity index (χ0v) is 17.3. The minimum Gasteiger partial charge on any atom is -0.496 e. The van der Waals surface area contributed by atoms with Gasteiger partial charge in [0.25, 0.3) is 0 Å². The Morgan fingerprint density at radius 1 is 1.00 bits per heavy atom. The molecule has 2 aromatic rings. The fourth-order valence-corrected chi connectivity index (χ4v) is 3.63. The van der Waals surface area contributed by atoms with Crippen molar-refractivity contribution in [3.05, 3.63) is 63.9 Å². The number of aryl methyl sites for hydroxylation is 1. The molecule has 31 heavy (non-hydrogen) atoms. The van der Waals surface area contributed by atoms with Gasteiger partial charge < -0.3 is 9.84 Å². The fraction of sp³-hybridized carbons (Fsp3) is 0.429. The highest BCUT2D eigenvalue weighted by Gasteiger charge is 2.44. The molecule has 172 valence electrons. The summed E-state index contributed by atoms with van der Waals surface area (Å²) in [6.45, 7) is 1.37. The molecule has 0 aliphatic rings. The summed E-state index contributed by atoms with van der Waals surface area (Å²) in [4.78, 5) is 0. The Morgan fingerprint density at radius 2 is 1.65 bits per heavy atom. The average molecular weight is 473 g/mol. The van der Waals surface area contributed by atoms with E-state index in [0.29, 0.717) is 0 Å². The van der Waals surface area contributed by atoms with Gasteiger partial charge >= 0.3 is 12.4 Å². The maximum absolute atomic E-state index is 13.9. The Kier molecular flexibility index (Phi) is 7.53. The van der Waals surface area contributed by atoms with Crippen LogP contribution in [0.2, 0.25) is 5.02 Å². The molecule has 2 atom stereocenters. The van der Waals surface area contributed by atoms with Gasteiger partial charge in [0.2, 0.25) is 0 Å². The molecule has 2 rings (SSSR count). The third-order valence-corrected chi connectivity index (χ3v) is 5.46. The Morgan fingerprint density at radius 3 is 2.19 bits per heavy atom. The molecule has 0 saturated heterocycles. The lowest BCUT2D eigenvalue weighted by Crippen LogP contribution is -2.37.